The van der Waals surface area contributed by atoms with Gasteiger partial charge in [0.2, 0.25) is 0 Å². The molecule has 0 aliphatic rings. The Morgan fingerprint density at radius 2 is 1.67 bits per heavy atom. The van der Waals surface area contributed by atoms with Crippen molar-refractivity contribution in [1.82, 2.24) is 4.57 Å². The molecule has 0 saturated carbocycles. The van der Waals surface area contributed by atoms with Crippen molar-refractivity contribution in [2.24, 2.45) is 0 Å². The fraction of sp³-hybridized carbons (Fsp3) is 0.500. The third-order valence-corrected chi connectivity index (χ3v) is 8.65. The van der Waals surface area contributed by atoms with E-state index in [-0.39, 0.29) is 5.54 Å². The fourth-order valence-electron chi connectivity index (χ4n) is 1.66. The van der Waals surface area contributed by atoms with Crippen molar-refractivity contribution in [2.45, 2.75) is 25.4 Å². The first-order valence-electron chi connectivity index (χ1n) is 4.96. The minimum absolute atomic E-state index is 0.190. The lowest BCUT2D eigenvalue weighted by Crippen LogP contribution is -2.57. The van der Waals surface area contributed by atoms with E-state index in [2.05, 4.69) is 45.9 Å². The highest BCUT2D eigenvalue weighted by Crippen LogP contribution is 2.24. The Morgan fingerprint density at radius 1 is 1.20 bits per heavy atom. The molecule has 0 spiro atoms. The Kier molecular flexibility index (Phi) is 6.13. The van der Waals surface area contributed by atoms with Gasteiger partial charge in [0.15, 0.2) is 0 Å². The van der Waals surface area contributed by atoms with Gasteiger partial charge in [-0.25, -0.2) is 0 Å². The van der Waals surface area contributed by atoms with Gasteiger partial charge in [0.05, 0.1) is 5.54 Å². The third-order valence-electron chi connectivity index (χ3n) is 2.51. The van der Waals surface area contributed by atoms with Gasteiger partial charge in [0, 0.05) is 15.8 Å². The highest BCUT2D eigenvalue weighted by Gasteiger charge is 2.38. The van der Waals surface area contributed by atoms with Gasteiger partial charge in [0.25, 0.3) is 0 Å². The maximum absolute atomic E-state index is 5.46. The van der Waals surface area contributed by atoms with Crippen LogP contribution in [0.5, 0.6) is 0 Å². The zero-order valence-electron chi connectivity index (χ0n) is 9.38. The second kappa shape index (κ2) is 6.54. The Hall–Kier alpha value is -0.926. The van der Waals surface area contributed by atoms with Gasteiger partial charge in [-0.15, -0.1) is 25.2 Å². The molecule has 0 bridgehead atoms. The molecular formula is C12H16NSi2. The molecule has 0 N–H and O–H groups in total. The lowest BCUT2D eigenvalue weighted by Gasteiger charge is -2.39. The third kappa shape index (κ3) is 3.01. The molecule has 1 unspecified atom stereocenters. The molecule has 0 aliphatic carbocycles. The monoisotopic (exact) mass is 230 g/mol. The molecule has 77 valence electrons. The first kappa shape index (κ1) is 14.1. The predicted octanol–water partition coefficient (Wildman–Crippen LogP) is 1.21. The van der Waals surface area contributed by atoms with Crippen molar-refractivity contribution in [3.05, 3.63) is 0 Å². The van der Waals surface area contributed by atoms with Gasteiger partial charge in [0.1, 0.15) is 7.75 Å². The molecule has 0 aliphatic heterocycles. The molecule has 0 aromatic carbocycles. The molecule has 0 aromatic heterocycles. The highest BCUT2D eigenvalue weighted by atomic mass is 29.2. The smallest absolute Gasteiger partial charge is 0.149 e. The Balaban J connectivity index is 5.15. The van der Waals surface area contributed by atoms with Crippen LogP contribution in [0, 0.1) is 37.0 Å². The molecule has 0 amide bonds. The van der Waals surface area contributed by atoms with Crippen LogP contribution in [0.3, 0.4) is 0 Å². The van der Waals surface area contributed by atoms with Crippen molar-refractivity contribution in [3.63, 3.8) is 0 Å². The highest BCUT2D eigenvalue weighted by molar-refractivity contribution is 7.17. The van der Waals surface area contributed by atoms with Gasteiger partial charge < -0.3 is 4.57 Å². The fourth-order valence-corrected chi connectivity index (χ4v) is 6.20. The van der Waals surface area contributed by atoms with E-state index in [9.17, 15) is 0 Å². The van der Waals surface area contributed by atoms with E-state index in [1.54, 1.807) is 0 Å². The second-order valence-electron chi connectivity index (χ2n) is 3.24. The minimum atomic E-state index is -2.08. The first-order chi connectivity index (χ1) is 7.10. The van der Waals surface area contributed by atoms with Crippen LogP contribution in [-0.2, 0) is 0 Å². The van der Waals surface area contributed by atoms with E-state index in [0.29, 0.717) is 6.04 Å². The zero-order valence-corrected chi connectivity index (χ0v) is 11.4. The van der Waals surface area contributed by atoms with Gasteiger partial charge in [-0.3, -0.25) is 0 Å². The van der Waals surface area contributed by atoms with Crippen LogP contribution in [0.1, 0.15) is 13.8 Å². The lowest BCUT2D eigenvalue weighted by atomic mass is 10.5. The van der Waals surface area contributed by atoms with Crippen molar-refractivity contribution in [3.8, 4) is 37.0 Å². The Bertz CT molecular complexity index is 300. The summed E-state index contributed by atoms with van der Waals surface area (Å²) < 4.78 is 2.29. The number of hydrogen-bond donors (Lipinski definition) is 0. The van der Waals surface area contributed by atoms with Gasteiger partial charge in [-0.2, -0.15) is 0 Å². The number of terminal acetylenes is 3. The standard InChI is InChI=1S/C12H16NSi2/c1-6-11-15(14,12(7-2)8-3)13(9-4)10-5/h1-3,12H,9-11H2,4-5H3. The van der Waals surface area contributed by atoms with Crippen LogP contribution in [0.4, 0.5) is 0 Å². The second-order valence-corrected chi connectivity index (χ2v) is 9.25. The van der Waals surface area contributed by atoms with E-state index in [1.807, 2.05) is 0 Å². The van der Waals surface area contributed by atoms with E-state index < -0.39 is 7.75 Å². The average molecular weight is 230 g/mol. The average Bonchev–Trinajstić information content (AvgIpc) is 2.21. The number of rotatable bonds is 5. The topological polar surface area (TPSA) is 3.24 Å². The molecule has 1 nitrogen and oxygen atoms in total. The summed E-state index contributed by atoms with van der Waals surface area (Å²) in [6.45, 7) is 6.00. The van der Waals surface area contributed by atoms with Gasteiger partial charge >= 0.3 is 0 Å². The number of hydrogen-bond acceptors (Lipinski definition) is 1. The maximum Gasteiger partial charge on any atom is 0.149 e. The lowest BCUT2D eigenvalue weighted by molar-refractivity contribution is 0.471. The summed E-state index contributed by atoms with van der Waals surface area (Å²) in [5.41, 5.74) is -0.190. The van der Waals surface area contributed by atoms with E-state index in [1.165, 1.54) is 0 Å². The molecule has 0 rings (SSSR count). The molecule has 1 atom stereocenters. The van der Waals surface area contributed by atoms with E-state index in [4.69, 9.17) is 19.3 Å². The first-order valence-corrected chi connectivity index (χ1v) is 8.69. The van der Waals surface area contributed by atoms with Crippen molar-refractivity contribution in [1.29, 1.82) is 0 Å². The van der Waals surface area contributed by atoms with Crippen molar-refractivity contribution < 1.29 is 0 Å². The van der Waals surface area contributed by atoms with Crippen LogP contribution in [-0.4, -0.2) is 35.2 Å². The summed E-state index contributed by atoms with van der Waals surface area (Å²) in [7, 11) is 1.74. The van der Waals surface area contributed by atoms with Gasteiger partial charge in [-0.1, -0.05) is 25.7 Å². The molecule has 3 radical (unpaired) electrons. The SMILES string of the molecule is C#CC[Si]([Si])(C(C#C)C#C)N(CC)CC. The maximum atomic E-state index is 5.46. The van der Waals surface area contributed by atoms with Crippen molar-refractivity contribution in [2.75, 3.05) is 13.1 Å². The molecule has 3 heteroatoms. The summed E-state index contributed by atoms with van der Waals surface area (Å²) in [4.78, 5) is 0. The van der Waals surface area contributed by atoms with Gasteiger partial charge in [-0.05, 0) is 13.1 Å². The zero-order chi connectivity index (χ0) is 11.9. The van der Waals surface area contributed by atoms with Crippen molar-refractivity contribution >= 4 is 17.5 Å². The Morgan fingerprint density at radius 3 is 1.93 bits per heavy atom. The van der Waals surface area contributed by atoms with Crippen LogP contribution in [0.15, 0.2) is 0 Å². The van der Waals surface area contributed by atoms with Crippen LogP contribution in [0.25, 0.3) is 0 Å². The predicted molar refractivity (Wildman–Crippen MR) is 69.5 cm³/mol. The molecule has 0 heterocycles. The quantitative estimate of drug-likeness (QED) is 0.507. The molecule has 0 aromatic rings. The summed E-state index contributed by atoms with van der Waals surface area (Å²) in [6, 6.07) is 0.630. The van der Waals surface area contributed by atoms with Crippen LogP contribution >= 0.6 is 0 Å². The molecule has 15 heavy (non-hydrogen) atoms. The van der Waals surface area contributed by atoms with E-state index in [0.717, 1.165) is 13.1 Å². The summed E-state index contributed by atoms with van der Waals surface area (Å²) in [5.74, 6) is 8.02. The largest absolute Gasteiger partial charge is 0.324 e. The minimum Gasteiger partial charge on any atom is -0.324 e. The summed E-state index contributed by atoms with van der Waals surface area (Å²) in [6.07, 6.45) is 16.3. The Labute approximate surface area is 97.9 Å². The normalized spacial score (nSPS) is 14.0. The molecular weight excluding hydrogens is 214 g/mol. The van der Waals surface area contributed by atoms with E-state index >= 15 is 0 Å². The summed E-state index contributed by atoms with van der Waals surface area (Å²) >= 11 is 0. The molecule has 0 fully saturated rings. The van der Waals surface area contributed by atoms with Crippen LogP contribution < -0.4 is 0 Å². The van der Waals surface area contributed by atoms with Crippen LogP contribution in [0.2, 0.25) is 11.6 Å². The summed E-state index contributed by atoms with van der Waals surface area (Å²) in [5, 5.41) is 0. The molecule has 0 saturated heterocycles. The number of nitrogens with zero attached hydrogens (tertiary/aromatic N) is 1.